The van der Waals surface area contributed by atoms with Crippen LogP contribution in [0.4, 0.5) is 0 Å². The van der Waals surface area contributed by atoms with Crippen LogP contribution in [0, 0.1) is 0 Å². The Morgan fingerprint density at radius 1 is 0.281 bits per heavy atom. The van der Waals surface area contributed by atoms with E-state index in [9.17, 15) is 95.9 Å². The van der Waals surface area contributed by atoms with Crippen LogP contribution in [0.3, 0.4) is 0 Å². The summed E-state index contributed by atoms with van der Waals surface area (Å²) in [6.07, 6.45) is 9.03. The van der Waals surface area contributed by atoms with E-state index in [4.69, 9.17) is 5.11 Å². The average molecular weight is 2110 g/mol. The lowest BCUT2D eigenvalue weighted by atomic mass is 10.1. The van der Waals surface area contributed by atoms with E-state index in [1.54, 1.807) is 56.1 Å². The van der Waals surface area contributed by atoms with Crippen molar-refractivity contribution in [2.45, 2.75) is 362 Å². The van der Waals surface area contributed by atoms with Crippen LogP contribution in [-0.4, -0.2) is 363 Å². The SMILES string of the molecule is C.C.C.C.C.C.C.C.C.C.C.C.C.C.C.C.C.CCC(=O)NC[C@@H]1NC(=O)[C@@H](C)NC(=O)[C@H](CNC(=O)CNC)NC(=O)[C@@H](C)NC(=O)[C@H](CNC(=O)CNC)NC(=O)[C@@H](C)NC1=O.CCC(=O)NC[C@H]1CC(=O)N[C@@H](CNC(=O)CNC)CC(=O)N[C@@H](CNC(=O)CNC)CC(=O)N1.CNCCCC[C@H](NC)C(=O)NCCCCC(NC)C(=O)NCCCC[C@H](NC)C(=O)NCCCC[C@H](NC)C(=O)N[C@@H](C)C(=O)O. The van der Waals surface area contributed by atoms with E-state index >= 15 is 0 Å². The van der Waals surface area contributed by atoms with Gasteiger partial charge in [-0.05, 0) is 168 Å². The van der Waals surface area contributed by atoms with Crippen molar-refractivity contribution in [3.05, 3.63) is 0 Å². The fraction of sp³-hybridized carbons (Fsp3) is 0.794. The maximum atomic E-state index is 13.2. The first-order chi connectivity index (χ1) is 61.3. The van der Waals surface area contributed by atoms with Gasteiger partial charge in [0.25, 0.3) is 0 Å². The van der Waals surface area contributed by atoms with Crippen molar-refractivity contribution >= 4 is 118 Å². The molecule has 1 unspecified atom stereocenters. The number of likely N-dealkylation sites (N-methyl/N-ethyl adjacent to an activating group) is 8. The van der Waals surface area contributed by atoms with Crippen molar-refractivity contribution in [2.75, 3.05) is 155 Å². The van der Waals surface area contributed by atoms with Gasteiger partial charge in [-0.15, -0.1) is 0 Å². The van der Waals surface area contributed by atoms with Crippen LogP contribution in [0.2, 0.25) is 0 Å². The largest absolute Gasteiger partial charge is 0.480 e. The van der Waals surface area contributed by atoms with E-state index in [-0.39, 0.29) is 270 Å². The van der Waals surface area contributed by atoms with Crippen LogP contribution in [0.1, 0.15) is 277 Å². The molecule has 2 fully saturated rings. The van der Waals surface area contributed by atoms with Gasteiger partial charge >= 0.3 is 5.97 Å². The highest BCUT2D eigenvalue weighted by atomic mass is 16.4. The minimum Gasteiger partial charge on any atom is -0.480 e. The number of rotatable bonds is 52. The Kier molecular flexibility index (Phi) is 128. The molecule has 0 aliphatic carbocycles. The molecule has 0 spiro atoms. The number of hydrogen-bond donors (Lipinski definition) is 29. The molecular formula is C97H218N28O21. The Morgan fingerprint density at radius 3 is 0.719 bits per heavy atom. The first-order valence-corrected chi connectivity index (χ1v) is 43.9. The fourth-order valence-corrected chi connectivity index (χ4v) is 12.3. The predicted octanol–water partition coefficient (Wildman–Crippen LogP) is -1.02. The van der Waals surface area contributed by atoms with E-state index in [0.717, 1.165) is 51.5 Å². The summed E-state index contributed by atoms with van der Waals surface area (Å²) in [6.45, 7) is 10.0. The molecular weight excluding hydrogens is 1890 g/mol. The van der Waals surface area contributed by atoms with Crippen molar-refractivity contribution in [3.63, 3.8) is 0 Å². The maximum Gasteiger partial charge on any atom is 0.325 e. The van der Waals surface area contributed by atoms with E-state index in [1.165, 1.54) is 41.8 Å². The topological polar surface area (TPSA) is 698 Å². The van der Waals surface area contributed by atoms with E-state index in [2.05, 4.69) is 149 Å². The molecule has 49 heteroatoms. The van der Waals surface area contributed by atoms with Crippen LogP contribution in [-0.2, 0) is 95.9 Å². The molecule has 872 valence electrons. The van der Waals surface area contributed by atoms with Crippen molar-refractivity contribution < 1.29 is 101 Å². The first kappa shape index (κ1) is 177. The van der Waals surface area contributed by atoms with Crippen LogP contribution in [0.25, 0.3) is 0 Å². The third-order valence-corrected chi connectivity index (χ3v) is 19.9. The zero-order valence-corrected chi connectivity index (χ0v) is 77.6. The van der Waals surface area contributed by atoms with Gasteiger partial charge < -0.3 is 154 Å². The molecule has 0 bridgehead atoms. The number of carboxylic acids is 1. The van der Waals surface area contributed by atoms with Gasteiger partial charge in [-0.2, -0.15) is 0 Å². The summed E-state index contributed by atoms with van der Waals surface area (Å²) in [6, 6.07) is -12.5. The number of aliphatic carboxylic acids is 1. The average Bonchev–Trinajstić information content (AvgIpc) is 0.853. The molecule has 0 aromatic heterocycles. The molecule has 49 nitrogen and oxygen atoms in total. The maximum absolute atomic E-state index is 13.2. The Balaban J connectivity index is -0.000000100. The standard InChI is InChI=1S/C32H65N9O6.C27H47N11O9.C21H38N8O6.17CH4/c1-23(32(46)47)41-31(45)27(37-6)18-10-14-22-40-30(44)26(36-5)17-9-13-21-39-29(43)25(35-4)16-8-12-20-38-28(42)24(34-3)15-7-11-19-33-2;1-7-19(39)30-8-16-25(45)33-14(3)23(43)37-18(10-32-21(41)12-29-6)27(47)35-15(4)24(44)38-17(9-31-20(40)11-28-5)26(46)34-13(2)22(42)36-16;1-4-16(30)24-8-13-5-17(31)28-15(10-26-21(35)12-23-3)7-19(33)29-14(6-18(32)27-13)9-25-20(34)11-22-2;;;;;;;;;;;;;;;;;/h23-27,33-37H,7-22H2,1-6H3,(H,38,42)(H,39,43)(H,40,44)(H,41,45)(H,46,47);13-18,28-29H,7-12H2,1-6H3,(H,30,39)(H,31,40)(H,32,41)(H,33,45)(H,34,46)(H,35,47)(H,36,42)(H,37,43)(H,38,44);13-15,22-23H,4-12H2,1-3H3,(H,24,30)(H,25,34)(H,26,35)(H,27,32)(H,28,31)(H,29,33);17*1H4/t23-,24-,25?,26-,27-;13-,14-,15-,16+,17+,18+;13-,14-,15-;;;;;;;;;;;;;;;;;/m011................./s1. The van der Waals surface area contributed by atoms with Crippen molar-refractivity contribution in [1.82, 2.24) is 149 Å². The molecule has 0 saturated carbocycles. The van der Waals surface area contributed by atoms with Gasteiger partial charge in [0.15, 0.2) is 0 Å². The van der Waals surface area contributed by atoms with Crippen molar-refractivity contribution in [1.29, 1.82) is 0 Å². The number of hydrogen-bond acceptors (Lipinski definition) is 29. The summed E-state index contributed by atoms with van der Waals surface area (Å²) in [7, 11) is 15.2. The Hall–Kier alpha value is -11.0. The molecule has 0 aromatic rings. The number of nitrogens with one attached hydrogen (secondary N) is 28. The summed E-state index contributed by atoms with van der Waals surface area (Å²) in [4.78, 5) is 249. The summed E-state index contributed by atoms with van der Waals surface area (Å²) >= 11 is 0. The Bertz CT molecular complexity index is 3470. The second-order valence-electron chi connectivity index (χ2n) is 30.8. The third kappa shape index (κ3) is 81.2. The molecule has 14 atom stereocenters. The highest BCUT2D eigenvalue weighted by molar-refractivity contribution is 5.99. The second kappa shape index (κ2) is 105. The van der Waals surface area contributed by atoms with Crippen LogP contribution < -0.4 is 149 Å². The third-order valence-electron chi connectivity index (χ3n) is 19.9. The van der Waals surface area contributed by atoms with Gasteiger partial charge in [0, 0.05) is 91.0 Å². The summed E-state index contributed by atoms with van der Waals surface area (Å²) in [5.41, 5.74) is 0. The van der Waals surface area contributed by atoms with Gasteiger partial charge in [0.2, 0.25) is 112 Å². The number of carbonyl (C=O) groups excluding carboxylic acids is 19. The number of amides is 19. The highest BCUT2D eigenvalue weighted by Crippen LogP contribution is 2.09. The summed E-state index contributed by atoms with van der Waals surface area (Å²) in [5, 5.41) is 84.3. The van der Waals surface area contributed by atoms with Crippen molar-refractivity contribution in [2.24, 2.45) is 0 Å². The zero-order chi connectivity index (χ0) is 97.3. The molecule has 2 rings (SSSR count). The van der Waals surface area contributed by atoms with Gasteiger partial charge in [0.05, 0.1) is 68.5 Å². The minimum atomic E-state index is -1.42. The number of carbonyl (C=O) groups is 20. The quantitative estimate of drug-likeness (QED) is 0.0324. The monoisotopic (exact) mass is 2110 g/mol. The molecule has 146 heavy (non-hydrogen) atoms. The molecule has 0 aromatic carbocycles. The highest BCUT2D eigenvalue weighted by Gasteiger charge is 2.35. The molecule has 2 aliphatic rings. The molecule has 2 aliphatic heterocycles. The molecule has 29 N–H and O–H groups in total. The van der Waals surface area contributed by atoms with Gasteiger partial charge in [0.1, 0.15) is 42.3 Å². The number of unbranched alkanes of at least 4 members (excludes halogenated alkanes) is 4. The second-order valence-corrected chi connectivity index (χ2v) is 30.8. The minimum absolute atomic E-state index is 0. The summed E-state index contributed by atoms with van der Waals surface area (Å²) in [5.74, 6) is -10.3. The van der Waals surface area contributed by atoms with Crippen LogP contribution >= 0.6 is 0 Å². The lowest BCUT2D eigenvalue weighted by Gasteiger charge is -2.27. The molecule has 2 heterocycles. The van der Waals surface area contributed by atoms with E-state index in [0.29, 0.717) is 51.7 Å². The Labute approximate surface area is 880 Å². The van der Waals surface area contributed by atoms with Gasteiger partial charge in [-0.1, -0.05) is 147 Å². The molecule has 19 amide bonds. The lowest BCUT2D eigenvalue weighted by Crippen LogP contribution is -2.63. The van der Waals surface area contributed by atoms with E-state index < -0.39 is 156 Å². The Morgan fingerprint density at radius 2 is 0.500 bits per heavy atom. The fourth-order valence-electron chi connectivity index (χ4n) is 12.3. The normalized spacial score (nSPS) is 17.7. The smallest absolute Gasteiger partial charge is 0.325 e. The molecule has 0 radical (unpaired) electrons. The van der Waals surface area contributed by atoms with Gasteiger partial charge in [-0.3, -0.25) is 95.9 Å². The van der Waals surface area contributed by atoms with Crippen LogP contribution in [0.15, 0.2) is 0 Å². The lowest BCUT2D eigenvalue weighted by molar-refractivity contribution is -0.141. The predicted molar refractivity (Wildman–Crippen MR) is 592 cm³/mol. The molecule has 2 saturated heterocycles. The van der Waals surface area contributed by atoms with E-state index in [1.807, 2.05) is 7.05 Å². The first-order valence-electron chi connectivity index (χ1n) is 43.9. The van der Waals surface area contributed by atoms with Gasteiger partial charge in [-0.25, -0.2) is 0 Å². The zero-order valence-electron chi connectivity index (χ0n) is 77.6. The van der Waals surface area contributed by atoms with Crippen molar-refractivity contribution in [3.8, 4) is 0 Å². The number of carboxylic acid groups (broad SMARTS) is 1. The van der Waals surface area contributed by atoms with Crippen LogP contribution in [0.5, 0.6) is 0 Å². The summed E-state index contributed by atoms with van der Waals surface area (Å²) < 4.78 is 0.